The molecule has 0 saturated heterocycles. The predicted molar refractivity (Wildman–Crippen MR) is 73.8 cm³/mol. The molecule has 1 aliphatic rings. The second-order valence-electron chi connectivity index (χ2n) is 4.12. The maximum absolute atomic E-state index is 11.6. The van der Waals surface area contributed by atoms with Gasteiger partial charge >= 0.3 is 5.97 Å². The molecular weight excluding hydrogens is 274 g/mol. The molecule has 102 valence electrons. The Morgan fingerprint density at radius 1 is 1.30 bits per heavy atom. The number of hydrogen-bond donors (Lipinski definition) is 0. The van der Waals surface area contributed by atoms with Crippen LogP contribution in [0, 0.1) is 39.9 Å². The molecule has 20 heavy (non-hydrogen) atoms. The molecule has 0 amide bonds. The highest BCUT2D eigenvalue weighted by molar-refractivity contribution is 8.02. The molecule has 0 aromatic rings. The highest BCUT2D eigenvalue weighted by Crippen LogP contribution is 2.43. The molecule has 1 fully saturated rings. The van der Waals surface area contributed by atoms with Crippen molar-refractivity contribution < 1.29 is 9.53 Å². The number of nitriles is 3. The Balaban J connectivity index is 3.40. The molecule has 6 heteroatoms. The standard InChI is InChI=1S/C14H13N3O2S/c1-19-14(18)12(8-17)10-4-3-5-11(10)13(20-2)9(6-15)7-16/h11H,3-5H2,1-2H3/b12-10+/t11-/m0/s1. The second-order valence-corrected chi connectivity index (χ2v) is 4.96. The van der Waals surface area contributed by atoms with E-state index in [1.54, 1.807) is 6.26 Å². The third-order valence-corrected chi connectivity index (χ3v) is 4.12. The molecule has 1 aliphatic carbocycles. The lowest BCUT2D eigenvalue weighted by Gasteiger charge is -2.16. The normalized spacial score (nSPS) is 19.2. The molecule has 5 nitrogen and oxygen atoms in total. The van der Waals surface area contributed by atoms with E-state index >= 15 is 0 Å². The number of carbonyl (C=O) groups is 1. The van der Waals surface area contributed by atoms with Crippen LogP contribution in [0.2, 0.25) is 0 Å². The first-order valence-electron chi connectivity index (χ1n) is 5.94. The minimum atomic E-state index is -0.662. The number of rotatable bonds is 3. The number of allylic oxidation sites excluding steroid dienone is 3. The van der Waals surface area contributed by atoms with Gasteiger partial charge in [0.1, 0.15) is 29.4 Å². The zero-order valence-electron chi connectivity index (χ0n) is 11.3. The molecule has 1 saturated carbocycles. The number of ether oxygens (including phenoxy) is 1. The van der Waals surface area contributed by atoms with Gasteiger partial charge < -0.3 is 4.74 Å². The summed E-state index contributed by atoms with van der Waals surface area (Å²) in [5.74, 6) is -0.877. The van der Waals surface area contributed by atoms with E-state index in [0.29, 0.717) is 16.9 Å². The van der Waals surface area contributed by atoms with E-state index in [9.17, 15) is 4.79 Å². The lowest BCUT2D eigenvalue weighted by atomic mass is 9.95. The summed E-state index contributed by atoms with van der Waals surface area (Å²) in [5, 5.41) is 27.2. The van der Waals surface area contributed by atoms with Crippen LogP contribution in [0.5, 0.6) is 0 Å². The molecule has 0 radical (unpaired) electrons. The minimum absolute atomic E-state index is 0.00298. The molecule has 1 atom stereocenters. The van der Waals surface area contributed by atoms with Gasteiger partial charge in [0.05, 0.1) is 7.11 Å². The Morgan fingerprint density at radius 2 is 1.95 bits per heavy atom. The highest BCUT2D eigenvalue weighted by Gasteiger charge is 2.31. The van der Waals surface area contributed by atoms with Crippen LogP contribution >= 0.6 is 11.8 Å². The quantitative estimate of drug-likeness (QED) is 0.449. The zero-order chi connectivity index (χ0) is 15.1. The van der Waals surface area contributed by atoms with Crippen LogP contribution in [0.1, 0.15) is 19.3 Å². The molecule has 0 spiro atoms. The van der Waals surface area contributed by atoms with Crippen LogP contribution in [-0.2, 0) is 9.53 Å². The lowest BCUT2D eigenvalue weighted by Crippen LogP contribution is -2.11. The average molecular weight is 287 g/mol. The van der Waals surface area contributed by atoms with E-state index in [-0.39, 0.29) is 17.1 Å². The van der Waals surface area contributed by atoms with Crippen molar-refractivity contribution in [2.24, 2.45) is 5.92 Å². The Kier molecular flexibility index (Phi) is 5.84. The Morgan fingerprint density at radius 3 is 2.40 bits per heavy atom. The number of thioether (sulfide) groups is 1. The Hall–Kier alpha value is -2.23. The smallest absolute Gasteiger partial charge is 0.348 e. The van der Waals surface area contributed by atoms with Crippen LogP contribution < -0.4 is 0 Å². The van der Waals surface area contributed by atoms with E-state index in [2.05, 4.69) is 4.74 Å². The SMILES string of the molecule is COC(=O)/C(C#N)=C1\CCC[C@@H]1C(SC)=C(C#N)C#N. The summed E-state index contributed by atoms with van der Waals surface area (Å²) in [6.45, 7) is 0. The zero-order valence-corrected chi connectivity index (χ0v) is 12.1. The van der Waals surface area contributed by atoms with Crippen LogP contribution in [0.4, 0.5) is 0 Å². The number of esters is 1. The molecule has 0 heterocycles. The van der Waals surface area contributed by atoms with Gasteiger partial charge in [-0.25, -0.2) is 4.79 Å². The first kappa shape index (κ1) is 15.8. The van der Waals surface area contributed by atoms with E-state index in [1.165, 1.54) is 18.9 Å². The van der Waals surface area contributed by atoms with Crippen molar-refractivity contribution in [1.82, 2.24) is 0 Å². The first-order valence-corrected chi connectivity index (χ1v) is 7.16. The van der Waals surface area contributed by atoms with Gasteiger partial charge in [-0.1, -0.05) is 0 Å². The Labute approximate surface area is 122 Å². The fraction of sp³-hybridized carbons (Fsp3) is 0.429. The highest BCUT2D eigenvalue weighted by atomic mass is 32.2. The maximum Gasteiger partial charge on any atom is 0.348 e. The van der Waals surface area contributed by atoms with Gasteiger partial charge in [-0.05, 0) is 31.1 Å². The fourth-order valence-electron chi connectivity index (χ4n) is 2.34. The maximum atomic E-state index is 11.6. The van der Waals surface area contributed by atoms with Crippen molar-refractivity contribution in [3.8, 4) is 18.2 Å². The van der Waals surface area contributed by atoms with Crippen LogP contribution in [-0.4, -0.2) is 19.3 Å². The van der Waals surface area contributed by atoms with Crippen molar-refractivity contribution in [2.75, 3.05) is 13.4 Å². The summed E-state index contributed by atoms with van der Waals surface area (Å²) in [4.78, 5) is 12.3. The molecule has 0 aromatic heterocycles. The minimum Gasteiger partial charge on any atom is -0.465 e. The number of nitrogens with zero attached hydrogens (tertiary/aromatic N) is 3. The summed E-state index contributed by atoms with van der Waals surface area (Å²) < 4.78 is 4.62. The summed E-state index contributed by atoms with van der Waals surface area (Å²) in [7, 11) is 1.23. The molecule has 0 bridgehead atoms. The summed E-state index contributed by atoms with van der Waals surface area (Å²) in [6, 6.07) is 5.64. The van der Waals surface area contributed by atoms with E-state index < -0.39 is 5.97 Å². The summed E-state index contributed by atoms with van der Waals surface area (Å²) >= 11 is 1.31. The van der Waals surface area contributed by atoms with E-state index in [1.807, 2.05) is 18.2 Å². The summed E-state index contributed by atoms with van der Waals surface area (Å²) in [5.41, 5.74) is 0.715. The van der Waals surface area contributed by atoms with Gasteiger partial charge in [-0.3, -0.25) is 0 Å². The van der Waals surface area contributed by atoms with Gasteiger partial charge in [0.15, 0.2) is 0 Å². The van der Waals surface area contributed by atoms with Gasteiger partial charge in [0.2, 0.25) is 0 Å². The van der Waals surface area contributed by atoms with Crippen molar-refractivity contribution in [1.29, 1.82) is 15.8 Å². The predicted octanol–water partition coefficient (Wildman–Crippen LogP) is 2.44. The lowest BCUT2D eigenvalue weighted by molar-refractivity contribution is -0.135. The number of carbonyl (C=O) groups excluding carboxylic acids is 1. The first-order chi connectivity index (χ1) is 9.64. The molecule has 1 rings (SSSR count). The third kappa shape index (κ3) is 3.02. The average Bonchev–Trinajstić information content (AvgIpc) is 2.94. The van der Waals surface area contributed by atoms with Crippen LogP contribution in [0.15, 0.2) is 21.6 Å². The topological polar surface area (TPSA) is 97.7 Å². The van der Waals surface area contributed by atoms with Gasteiger partial charge in [-0.15, -0.1) is 11.8 Å². The molecule has 0 N–H and O–H groups in total. The Bertz CT molecular complexity index is 583. The molecule has 0 aliphatic heterocycles. The van der Waals surface area contributed by atoms with E-state index in [0.717, 1.165) is 12.8 Å². The molecule has 0 aromatic carbocycles. The van der Waals surface area contributed by atoms with Crippen molar-refractivity contribution in [3.05, 3.63) is 21.6 Å². The second kappa shape index (κ2) is 7.38. The monoisotopic (exact) mass is 287 g/mol. The van der Waals surface area contributed by atoms with Crippen LogP contribution in [0.25, 0.3) is 0 Å². The molecule has 0 unspecified atom stereocenters. The number of hydrogen-bond acceptors (Lipinski definition) is 6. The third-order valence-electron chi connectivity index (χ3n) is 3.19. The molecular formula is C14H13N3O2S. The van der Waals surface area contributed by atoms with Crippen molar-refractivity contribution in [2.45, 2.75) is 19.3 Å². The van der Waals surface area contributed by atoms with Gasteiger partial charge in [0.25, 0.3) is 0 Å². The number of methoxy groups -OCH3 is 1. The van der Waals surface area contributed by atoms with Gasteiger partial charge in [0, 0.05) is 10.8 Å². The summed E-state index contributed by atoms with van der Waals surface area (Å²) in [6.07, 6.45) is 3.93. The van der Waals surface area contributed by atoms with Gasteiger partial charge in [-0.2, -0.15) is 15.8 Å². The largest absolute Gasteiger partial charge is 0.465 e. The van der Waals surface area contributed by atoms with Crippen LogP contribution in [0.3, 0.4) is 0 Å². The fourth-order valence-corrected chi connectivity index (χ4v) is 3.18. The van der Waals surface area contributed by atoms with E-state index in [4.69, 9.17) is 15.8 Å². The van der Waals surface area contributed by atoms with Crippen molar-refractivity contribution in [3.63, 3.8) is 0 Å². The van der Waals surface area contributed by atoms with Crippen molar-refractivity contribution >= 4 is 17.7 Å².